The van der Waals surface area contributed by atoms with Crippen LogP contribution in [0.5, 0.6) is 5.75 Å². The minimum absolute atomic E-state index is 0.0745. The summed E-state index contributed by atoms with van der Waals surface area (Å²) >= 11 is 0. The predicted molar refractivity (Wildman–Crippen MR) is 83.6 cm³/mol. The molecule has 1 unspecified atom stereocenters. The molecular formula is C18H27NO3. The van der Waals surface area contributed by atoms with E-state index < -0.39 is 5.97 Å². The first-order chi connectivity index (χ1) is 10.7. The van der Waals surface area contributed by atoms with Crippen LogP contribution in [-0.2, 0) is 11.3 Å². The molecule has 4 nitrogen and oxygen atoms in total. The highest BCUT2D eigenvalue weighted by Crippen LogP contribution is 2.19. The molecule has 1 aliphatic carbocycles. The van der Waals surface area contributed by atoms with Gasteiger partial charge in [-0.25, -0.2) is 0 Å². The molecule has 0 aliphatic heterocycles. The Morgan fingerprint density at radius 1 is 1.23 bits per heavy atom. The highest BCUT2D eigenvalue weighted by atomic mass is 16.5. The van der Waals surface area contributed by atoms with Crippen LogP contribution in [0.4, 0.5) is 0 Å². The van der Waals surface area contributed by atoms with Gasteiger partial charge in [0.2, 0.25) is 0 Å². The zero-order valence-electron chi connectivity index (χ0n) is 13.5. The first kappa shape index (κ1) is 16.8. The van der Waals surface area contributed by atoms with Gasteiger partial charge in [-0.05, 0) is 44.7 Å². The van der Waals surface area contributed by atoms with Crippen molar-refractivity contribution in [3.05, 3.63) is 29.8 Å². The number of hydrogen-bond acceptors (Lipinski definition) is 3. The fourth-order valence-corrected chi connectivity index (χ4v) is 3.41. The second-order valence-electron chi connectivity index (χ2n) is 6.11. The van der Waals surface area contributed by atoms with Crippen molar-refractivity contribution in [1.29, 1.82) is 0 Å². The molecule has 1 atom stereocenters. The van der Waals surface area contributed by atoms with Crippen LogP contribution in [0.15, 0.2) is 24.3 Å². The molecule has 22 heavy (non-hydrogen) atoms. The number of aliphatic carboxylic acids is 1. The smallest absolute Gasteiger partial charge is 0.128 e. The van der Waals surface area contributed by atoms with E-state index in [0.29, 0.717) is 19.2 Å². The lowest BCUT2D eigenvalue weighted by Gasteiger charge is -2.29. The fourth-order valence-electron chi connectivity index (χ4n) is 3.41. The summed E-state index contributed by atoms with van der Waals surface area (Å²) < 4.78 is 5.68. The molecule has 1 N–H and O–H groups in total. The first-order valence-electron chi connectivity index (χ1n) is 8.45. The Bertz CT molecular complexity index is 467. The SMILES string of the molecule is CCOc1ccccc1C[NH+](CC(=O)[O-])C1CCCCCC1. The first-order valence-corrected chi connectivity index (χ1v) is 8.45. The lowest BCUT2D eigenvalue weighted by atomic mass is 10.1. The molecule has 4 heteroatoms. The molecule has 1 aliphatic rings. The van der Waals surface area contributed by atoms with Gasteiger partial charge in [0.05, 0.1) is 18.6 Å². The van der Waals surface area contributed by atoms with Gasteiger partial charge in [0, 0.05) is 5.56 Å². The summed E-state index contributed by atoms with van der Waals surface area (Å²) in [6, 6.07) is 8.36. The number of carbonyl (C=O) groups excluding carboxylic acids is 1. The molecule has 0 amide bonds. The van der Waals surface area contributed by atoms with Gasteiger partial charge in [0.15, 0.2) is 0 Å². The van der Waals surface area contributed by atoms with E-state index in [-0.39, 0.29) is 6.54 Å². The number of carboxylic acids is 1. The van der Waals surface area contributed by atoms with Gasteiger partial charge in [0.1, 0.15) is 18.8 Å². The molecule has 0 saturated heterocycles. The molecule has 1 aromatic rings. The number of quaternary nitrogens is 1. The zero-order chi connectivity index (χ0) is 15.8. The molecule has 0 heterocycles. The van der Waals surface area contributed by atoms with Crippen molar-refractivity contribution < 1.29 is 19.5 Å². The molecule has 1 saturated carbocycles. The van der Waals surface area contributed by atoms with E-state index in [1.54, 1.807) is 0 Å². The third kappa shape index (κ3) is 5.02. The molecule has 0 bridgehead atoms. The largest absolute Gasteiger partial charge is 0.544 e. The molecule has 0 radical (unpaired) electrons. The Morgan fingerprint density at radius 3 is 2.55 bits per heavy atom. The van der Waals surface area contributed by atoms with Crippen LogP contribution in [0, 0.1) is 0 Å². The van der Waals surface area contributed by atoms with Crippen molar-refractivity contribution in [3.63, 3.8) is 0 Å². The van der Waals surface area contributed by atoms with Crippen molar-refractivity contribution in [1.82, 2.24) is 0 Å². The Labute approximate surface area is 133 Å². The average molecular weight is 305 g/mol. The van der Waals surface area contributed by atoms with E-state index >= 15 is 0 Å². The van der Waals surface area contributed by atoms with Crippen LogP contribution < -0.4 is 14.7 Å². The molecule has 2 rings (SSSR count). The second-order valence-corrected chi connectivity index (χ2v) is 6.11. The Kier molecular flexibility index (Phi) is 6.72. The van der Waals surface area contributed by atoms with Crippen LogP contribution in [0.2, 0.25) is 0 Å². The standard InChI is InChI=1S/C18H27NO3/c1-2-22-17-12-8-7-9-15(17)13-19(14-18(20)21)16-10-5-3-4-6-11-16/h7-9,12,16H,2-6,10-11,13-14H2,1H3,(H,20,21). The Hall–Kier alpha value is -1.55. The van der Waals surface area contributed by atoms with Crippen LogP contribution in [0.1, 0.15) is 51.0 Å². The summed E-state index contributed by atoms with van der Waals surface area (Å²) in [5.74, 6) is -0.0948. The minimum atomic E-state index is -0.965. The van der Waals surface area contributed by atoms with E-state index in [2.05, 4.69) is 0 Å². The summed E-state index contributed by atoms with van der Waals surface area (Å²) in [5, 5.41) is 11.2. The quantitative estimate of drug-likeness (QED) is 0.763. The van der Waals surface area contributed by atoms with Crippen molar-refractivity contribution in [2.45, 2.75) is 58.0 Å². The van der Waals surface area contributed by atoms with Crippen molar-refractivity contribution >= 4 is 5.97 Å². The number of rotatable bonds is 7. The normalized spacial score (nSPS) is 17.7. The summed E-state index contributed by atoms with van der Waals surface area (Å²) in [7, 11) is 0. The maximum absolute atomic E-state index is 11.2. The molecule has 1 aromatic carbocycles. The minimum Gasteiger partial charge on any atom is -0.544 e. The van der Waals surface area contributed by atoms with Gasteiger partial charge in [-0.3, -0.25) is 0 Å². The topological polar surface area (TPSA) is 53.8 Å². The van der Waals surface area contributed by atoms with E-state index in [9.17, 15) is 9.90 Å². The highest BCUT2D eigenvalue weighted by molar-refractivity contribution is 5.65. The van der Waals surface area contributed by atoms with E-state index in [0.717, 1.165) is 29.1 Å². The molecule has 0 aromatic heterocycles. The van der Waals surface area contributed by atoms with Gasteiger partial charge < -0.3 is 19.5 Å². The van der Waals surface area contributed by atoms with Gasteiger partial charge in [-0.1, -0.05) is 25.0 Å². The fraction of sp³-hybridized carbons (Fsp3) is 0.611. The molecular weight excluding hydrogens is 278 g/mol. The third-order valence-electron chi connectivity index (χ3n) is 4.49. The van der Waals surface area contributed by atoms with E-state index in [1.165, 1.54) is 25.7 Å². The van der Waals surface area contributed by atoms with E-state index in [4.69, 9.17) is 4.74 Å². The monoisotopic (exact) mass is 305 g/mol. The van der Waals surface area contributed by atoms with Gasteiger partial charge in [0.25, 0.3) is 0 Å². The molecule has 1 fully saturated rings. The maximum Gasteiger partial charge on any atom is 0.128 e. The van der Waals surface area contributed by atoms with Crippen LogP contribution in [0.3, 0.4) is 0 Å². The summed E-state index contributed by atoms with van der Waals surface area (Å²) in [4.78, 5) is 12.3. The molecule has 122 valence electrons. The summed E-state index contributed by atoms with van der Waals surface area (Å²) in [5.41, 5.74) is 1.09. The summed E-state index contributed by atoms with van der Waals surface area (Å²) in [6.07, 6.45) is 7.16. The number of carbonyl (C=O) groups is 1. The highest BCUT2D eigenvalue weighted by Gasteiger charge is 2.24. The predicted octanol–water partition coefficient (Wildman–Crippen LogP) is 0.943. The Balaban J connectivity index is 2.13. The van der Waals surface area contributed by atoms with Crippen molar-refractivity contribution in [2.75, 3.05) is 13.2 Å². The average Bonchev–Trinajstić information content (AvgIpc) is 2.77. The van der Waals surface area contributed by atoms with Gasteiger partial charge in [-0.2, -0.15) is 0 Å². The number of nitrogens with one attached hydrogen (secondary N) is 1. The van der Waals surface area contributed by atoms with Crippen molar-refractivity contribution in [3.8, 4) is 5.75 Å². The van der Waals surface area contributed by atoms with Gasteiger partial charge in [-0.15, -0.1) is 0 Å². The van der Waals surface area contributed by atoms with Crippen LogP contribution >= 0.6 is 0 Å². The van der Waals surface area contributed by atoms with Gasteiger partial charge >= 0.3 is 0 Å². The lowest BCUT2D eigenvalue weighted by Crippen LogP contribution is -3.15. The second kappa shape index (κ2) is 8.79. The van der Waals surface area contributed by atoms with E-state index in [1.807, 2.05) is 31.2 Å². The Morgan fingerprint density at radius 2 is 1.91 bits per heavy atom. The molecule has 0 spiro atoms. The van der Waals surface area contributed by atoms with Crippen molar-refractivity contribution in [2.24, 2.45) is 0 Å². The number of hydrogen-bond donors (Lipinski definition) is 1. The number of ether oxygens (including phenoxy) is 1. The van der Waals surface area contributed by atoms with Crippen LogP contribution in [0.25, 0.3) is 0 Å². The third-order valence-corrected chi connectivity index (χ3v) is 4.49. The van der Waals surface area contributed by atoms with Crippen LogP contribution in [-0.4, -0.2) is 25.2 Å². The summed E-state index contributed by atoms with van der Waals surface area (Å²) in [6.45, 7) is 3.35. The number of benzene rings is 1. The zero-order valence-corrected chi connectivity index (χ0v) is 13.5. The lowest BCUT2D eigenvalue weighted by molar-refractivity contribution is -0.934. The maximum atomic E-state index is 11.2. The number of para-hydroxylation sites is 1. The number of carboxylic acid groups (broad SMARTS) is 1.